The van der Waals surface area contributed by atoms with Gasteiger partial charge in [0.1, 0.15) is 0 Å². The highest BCUT2D eigenvalue weighted by Gasteiger charge is 2.50. The molecule has 3 heteroatoms. The molecule has 0 amide bonds. The Morgan fingerprint density at radius 2 is 1.93 bits per heavy atom. The molecular formula is C25H28INO. The molecule has 2 nitrogen and oxygen atoms in total. The molecule has 0 fully saturated rings. The Labute approximate surface area is 181 Å². The van der Waals surface area contributed by atoms with Crippen molar-refractivity contribution in [3.05, 3.63) is 85.7 Å². The Morgan fingerprint density at radius 3 is 2.57 bits per heavy atom. The van der Waals surface area contributed by atoms with Crippen LogP contribution < -0.4 is 5.73 Å². The van der Waals surface area contributed by atoms with E-state index in [0.29, 0.717) is 18.0 Å². The molecule has 3 unspecified atom stereocenters. The van der Waals surface area contributed by atoms with Crippen molar-refractivity contribution in [1.29, 1.82) is 0 Å². The van der Waals surface area contributed by atoms with Crippen molar-refractivity contribution in [2.24, 2.45) is 17.6 Å². The molecule has 0 aromatic heterocycles. The molecular weight excluding hydrogens is 457 g/mol. The number of aryl methyl sites for hydroxylation is 2. The minimum atomic E-state index is -0.862. The fourth-order valence-corrected chi connectivity index (χ4v) is 7.29. The number of rotatable bonds is 1. The molecule has 3 N–H and O–H groups in total. The first-order valence-electron chi connectivity index (χ1n) is 9.82. The summed E-state index contributed by atoms with van der Waals surface area (Å²) >= 11 is 2.43. The Morgan fingerprint density at radius 1 is 1.25 bits per heavy atom. The zero-order valence-electron chi connectivity index (χ0n) is 17.0. The topological polar surface area (TPSA) is 46.2 Å². The SMILES string of the molecule is C=C(N)C1=CCC2CC3(O)Cc4c(C)cc(C)c(C)c4C(=C)C3=C(I)C2C1=C. The molecule has 3 aliphatic rings. The van der Waals surface area contributed by atoms with Crippen LogP contribution in [0.15, 0.2) is 57.9 Å². The number of nitrogens with two attached hydrogens (primary N) is 1. The van der Waals surface area contributed by atoms with Gasteiger partial charge in [0.25, 0.3) is 0 Å². The van der Waals surface area contributed by atoms with E-state index in [-0.39, 0.29) is 5.92 Å². The van der Waals surface area contributed by atoms with Crippen LogP contribution in [-0.2, 0) is 6.42 Å². The van der Waals surface area contributed by atoms with E-state index in [1.807, 2.05) is 0 Å². The van der Waals surface area contributed by atoms with Gasteiger partial charge in [0.15, 0.2) is 0 Å². The van der Waals surface area contributed by atoms with E-state index >= 15 is 0 Å². The largest absolute Gasteiger partial charge is 0.399 e. The first-order valence-corrected chi connectivity index (χ1v) is 10.9. The van der Waals surface area contributed by atoms with E-state index in [1.54, 1.807) is 0 Å². The molecule has 0 aliphatic heterocycles. The van der Waals surface area contributed by atoms with Crippen molar-refractivity contribution in [2.75, 3.05) is 0 Å². The van der Waals surface area contributed by atoms with E-state index in [0.717, 1.165) is 35.1 Å². The summed E-state index contributed by atoms with van der Waals surface area (Å²) in [4.78, 5) is 0. The normalized spacial score (nSPS) is 29.1. The van der Waals surface area contributed by atoms with Gasteiger partial charge >= 0.3 is 0 Å². The maximum absolute atomic E-state index is 11.8. The van der Waals surface area contributed by atoms with Crippen LogP contribution in [0.4, 0.5) is 0 Å². The minimum absolute atomic E-state index is 0.181. The Bertz CT molecular complexity index is 1030. The van der Waals surface area contributed by atoms with Crippen LogP contribution in [0.2, 0.25) is 0 Å². The molecule has 0 heterocycles. The molecule has 0 saturated heterocycles. The third-order valence-electron chi connectivity index (χ3n) is 6.99. The number of aliphatic hydroxyl groups is 1. The lowest BCUT2D eigenvalue weighted by molar-refractivity contribution is 0.0385. The lowest BCUT2D eigenvalue weighted by Crippen LogP contribution is -2.46. The number of hydrogen-bond acceptors (Lipinski definition) is 2. The lowest BCUT2D eigenvalue weighted by atomic mass is 9.59. The first kappa shape index (κ1) is 19.7. The standard InChI is InChI=1S/C25H28INO/c1-12-9-13(2)20-11-25(28)10-18-7-8-19(17(6)27)15(4)22(18)24(26)23(25)16(5)21(20)14(12)3/h8-9,18,22,28H,4-7,10-11,27H2,1-3H3. The highest BCUT2D eigenvalue weighted by molar-refractivity contribution is 14.1. The molecule has 0 radical (unpaired) electrons. The Balaban J connectivity index is 1.92. The van der Waals surface area contributed by atoms with E-state index in [1.165, 1.54) is 31.4 Å². The lowest BCUT2D eigenvalue weighted by Gasteiger charge is -2.49. The van der Waals surface area contributed by atoms with Crippen molar-refractivity contribution in [2.45, 2.75) is 45.6 Å². The molecule has 146 valence electrons. The average molecular weight is 485 g/mol. The van der Waals surface area contributed by atoms with Gasteiger partial charge in [-0.3, -0.25) is 0 Å². The number of allylic oxidation sites excluding steroid dienone is 3. The molecule has 3 aliphatic carbocycles. The highest BCUT2D eigenvalue weighted by Crippen LogP contribution is 2.57. The van der Waals surface area contributed by atoms with Crippen LogP contribution in [0.25, 0.3) is 5.57 Å². The van der Waals surface area contributed by atoms with Gasteiger partial charge in [-0.25, -0.2) is 0 Å². The third kappa shape index (κ3) is 2.62. The van der Waals surface area contributed by atoms with Gasteiger partial charge in [0.05, 0.1) is 5.60 Å². The molecule has 3 atom stereocenters. The highest BCUT2D eigenvalue weighted by atomic mass is 127. The van der Waals surface area contributed by atoms with Crippen molar-refractivity contribution in [1.82, 2.24) is 0 Å². The maximum atomic E-state index is 11.8. The van der Waals surface area contributed by atoms with Crippen molar-refractivity contribution in [3.8, 4) is 0 Å². The zero-order valence-corrected chi connectivity index (χ0v) is 19.1. The summed E-state index contributed by atoms with van der Waals surface area (Å²) in [6.07, 6.45) is 4.42. The van der Waals surface area contributed by atoms with Crippen molar-refractivity contribution in [3.63, 3.8) is 0 Å². The summed E-state index contributed by atoms with van der Waals surface area (Å²) in [5, 5.41) is 11.8. The molecule has 4 rings (SSSR count). The van der Waals surface area contributed by atoms with Crippen LogP contribution in [0.1, 0.15) is 40.7 Å². The summed E-state index contributed by atoms with van der Waals surface area (Å²) < 4.78 is 1.17. The number of benzene rings is 1. The fraction of sp³-hybridized carbons (Fsp3) is 0.360. The second-order valence-electron chi connectivity index (χ2n) is 8.74. The van der Waals surface area contributed by atoms with Gasteiger partial charge in [-0.15, -0.1) is 0 Å². The second kappa shape index (κ2) is 6.46. The molecule has 0 bridgehead atoms. The minimum Gasteiger partial charge on any atom is -0.399 e. The Kier molecular flexibility index (Phi) is 4.55. The second-order valence-corrected chi connectivity index (χ2v) is 9.91. The summed E-state index contributed by atoms with van der Waals surface area (Å²) in [6.45, 7) is 19.3. The van der Waals surface area contributed by atoms with Gasteiger partial charge in [-0.1, -0.05) is 31.9 Å². The van der Waals surface area contributed by atoms with Gasteiger partial charge in [0, 0.05) is 27.2 Å². The van der Waals surface area contributed by atoms with Crippen LogP contribution in [-0.4, -0.2) is 10.7 Å². The van der Waals surface area contributed by atoms with Crippen LogP contribution in [0, 0.1) is 32.6 Å². The number of fused-ring (bicyclic) bond motifs is 3. The first-order chi connectivity index (χ1) is 13.1. The van der Waals surface area contributed by atoms with Crippen LogP contribution >= 0.6 is 22.6 Å². The van der Waals surface area contributed by atoms with Gasteiger partial charge in [0.2, 0.25) is 0 Å². The number of halogens is 1. The smallest absolute Gasteiger partial charge is 0.0953 e. The van der Waals surface area contributed by atoms with Crippen molar-refractivity contribution >= 4 is 28.2 Å². The van der Waals surface area contributed by atoms with E-state index in [4.69, 9.17) is 5.73 Å². The molecule has 0 saturated carbocycles. The average Bonchev–Trinajstić information content (AvgIpc) is 2.58. The van der Waals surface area contributed by atoms with Crippen LogP contribution in [0.3, 0.4) is 0 Å². The Hall–Kier alpha value is -1.59. The molecule has 1 aromatic carbocycles. The monoisotopic (exact) mass is 485 g/mol. The van der Waals surface area contributed by atoms with Gasteiger partial charge in [-0.05, 0) is 107 Å². The number of hydrogen-bond donors (Lipinski definition) is 2. The quantitative estimate of drug-likeness (QED) is 0.509. The zero-order chi connectivity index (χ0) is 20.5. The van der Waals surface area contributed by atoms with Gasteiger partial charge < -0.3 is 10.8 Å². The predicted octanol–water partition coefficient (Wildman–Crippen LogP) is 5.60. The molecule has 1 aromatic rings. The fourth-order valence-electron chi connectivity index (χ4n) is 5.58. The maximum Gasteiger partial charge on any atom is 0.0953 e. The van der Waals surface area contributed by atoms with E-state index in [9.17, 15) is 5.11 Å². The summed E-state index contributed by atoms with van der Waals surface area (Å²) in [5.41, 5.74) is 16.0. The molecule has 0 spiro atoms. The summed E-state index contributed by atoms with van der Waals surface area (Å²) in [6, 6.07) is 2.24. The van der Waals surface area contributed by atoms with E-state index < -0.39 is 5.60 Å². The summed E-state index contributed by atoms with van der Waals surface area (Å²) in [5.74, 6) is 0.512. The molecule has 28 heavy (non-hydrogen) atoms. The van der Waals surface area contributed by atoms with Crippen molar-refractivity contribution < 1.29 is 5.11 Å². The van der Waals surface area contributed by atoms with E-state index in [2.05, 4.69) is 75.2 Å². The van der Waals surface area contributed by atoms with Crippen LogP contribution in [0.5, 0.6) is 0 Å². The predicted molar refractivity (Wildman–Crippen MR) is 126 cm³/mol. The summed E-state index contributed by atoms with van der Waals surface area (Å²) in [7, 11) is 0. The third-order valence-corrected chi connectivity index (χ3v) is 8.20. The van der Waals surface area contributed by atoms with Gasteiger partial charge in [-0.2, -0.15) is 0 Å².